The van der Waals surface area contributed by atoms with Crippen molar-refractivity contribution in [2.75, 3.05) is 11.9 Å². The Bertz CT molecular complexity index is 1060. The topological polar surface area (TPSA) is 91.7 Å². The van der Waals surface area contributed by atoms with Gasteiger partial charge in [0.2, 0.25) is 5.91 Å². The van der Waals surface area contributed by atoms with Gasteiger partial charge in [0.15, 0.2) is 5.54 Å². The molecule has 0 saturated carbocycles. The van der Waals surface area contributed by atoms with Gasteiger partial charge in [0.1, 0.15) is 12.3 Å². The molecule has 1 aliphatic rings. The van der Waals surface area contributed by atoms with Crippen LogP contribution in [-0.2, 0) is 15.1 Å². The van der Waals surface area contributed by atoms with Gasteiger partial charge in [-0.2, -0.15) is 0 Å². The highest BCUT2D eigenvalue weighted by Crippen LogP contribution is 2.30. The average Bonchev–Trinajstić information content (AvgIpc) is 3.34. The Morgan fingerprint density at radius 1 is 1.03 bits per heavy atom. The van der Waals surface area contributed by atoms with Crippen molar-refractivity contribution in [3.05, 3.63) is 78.8 Å². The lowest BCUT2D eigenvalue weighted by Crippen LogP contribution is -2.41. The van der Waals surface area contributed by atoms with E-state index in [0.29, 0.717) is 11.4 Å². The number of nitrogens with one attached hydrogen (secondary N) is 2. The molecule has 7 nitrogen and oxygen atoms in total. The monoisotopic (exact) mass is 389 g/mol. The molecule has 1 aromatic heterocycles. The van der Waals surface area contributed by atoms with E-state index in [1.165, 1.54) is 6.26 Å². The van der Waals surface area contributed by atoms with E-state index in [4.69, 9.17) is 4.42 Å². The zero-order chi connectivity index (χ0) is 20.4. The molecule has 4 amide bonds. The third-order valence-corrected chi connectivity index (χ3v) is 4.88. The second kappa shape index (κ2) is 7.27. The number of urea groups is 1. The predicted octanol–water partition coefficient (Wildman–Crippen LogP) is 3.35. The normalized spacial score (nSPS) is 18.6. The summed E-state index contributed by atoms with van der Waals surface area (Å²) < 4.78 is 5.29. The van der Waals surface area contributed by atoms with Gasteiger partial charge in [-0.15, -0.1) is 0 Å². The number of anilines is 1. The molecule has 29 heavy (non-hydrogen) atoms. The fourth-order valence-electron chi connectivity index (χ4n) is 3.37. The standard InChI is InChI=1S/C22H19N3O4/c1-22(18-12-7-13-29-18)20(27)25(21(28)24-22)14-19(26)23-17-11-6-5-10-16(17)15-8-3-2-4-9-15/h2-13H,14H2,1H3,(H,23,26)(H,24,28)/t22-/m0/s1. The zero-order valence-electron chi connectivity index (χ0n) is 15.7. The molecule has 0 spiro atoms. The molecule has 2 heterocycles. The molecule has 1 aliphatic heterocycles. The summed E-state index contributed by atoms with van der Waals surface area (Å²) in [5, 5.41) is 5.41. The van der Waals surface area contributed by atoms with Gasteiger partial charge in [-0.25, -0.2) is 4.79 Å². The van der Waals surface area contributed by atoms with Gasteiger partial charge in [-0.1, -0.05) is 48.5 Å². The van der Waals surface area contributed by atoms with Crippen molar-refractivity contribution >= 4 is 23.5 Å². The number of carbonyl (C=O) groups excluding carboxylic acids is 3. The summed E-state index contributed by atoms with van der Waals surface area (Å²) in [7, 11) is 0. The van der Waals surface area contributed by atoms with Crippen LogP contribution in [0.15, 0.2) is 77.4 Å². The van der Waals surface area contributed by atoms with Crippen LogP contribution in [0.4, 0.5) is 10.5 Å². The Morgan fingerprint density at radius 3 is 2.48 bits per heavy atom. The minimum atomic E-state index is -1.33. The van der Waals surface area contributed by atoms with Crippen molar-refractivity contribution in [2.24, 2.45) is 0 Å². The van der Waals surface area contributed by atoms with Crippen molar-refractivity contribution in [2.45, 2.75) is 12.5 Å². The molecular weight excluding hydrogens is 370 g/mol. The van der Waals surface area contributed by atoms with Crippen molar-refractivity contribution in [3.8, 4) is 11.1 Å². The lowest BCUT2D eigenvalue weighted by Gasteiger charge is -2.19. The third kappa shape index (κ3) is 3.38. The highest BCUT2D eigenvalue weighted by atomic mass is 16.3. The Kier molecular flexibility index (Phi) is 4.64. The van der Waals surface area contributed by atoms with Gasteiger partial charge >= 0.3 is 6.03 Å². The number of para-hydroxylation sites is 1. The van der Waals surface area contributed by atoms with Gasteiger partial charge in [0.05, 0.1) is 6.26 Å². The maximum atomic E-state index is 12.8. The maximum Gasteiger partial charge on any atom is 0.325 e. The van der Waals surface area contributed by atoms with Crippen LogP contribution < -0.4 is 10.6 Å². The Hall–Kier alpha value is -3.87. The SMILES string of the molecule is C[C@@]1(c2ccco2)NC(=O)N(CC(=O)Nc2ccccc2-c2ccccc2)C1=O. The minimum absolute atomic E-state index is 0.313. The molecule has 0 bridgehead atoms. The first-order valence-corrected chi connectivity index (χ1v) is 9.11. The molecule has 1 saturated heterocycles. The molecule has 4 rings (SSSR count). The number of amides is 4. The molecule has 0 aliphatic carbocycles. The predicted molar refractivity (Wildman–Crippen MR) is 107 cm³/mol. The van der Waals surface area contributed by atoms with E-state index >= 15 is 0 Å². The quantitative estimate of drug-likeness (QED) is 0.655. The smallest absolute Gasteiger partial charge is 0.325 e. The molecule has 146 valence electrons. The number of benzene rings is 2. The lowest BCUT2D eigenvalue weighted by atomic mass is 9.99. The van der Waals surface area contributed by atoms with Crippen molar-refractivity contribution in [1.82, 2.24) is 10.2 Å². The van der Waals surface area contributed by atoms with Crippen molar-refractivity contribution < 1.29 is 18.8 Å². The van der Waals surface area contributed by atoms with Gasteiger partial charge < -0.3 is 15.1 Å². The molecule has 0 radical (unpaired) electrons. The first-order valence-electron chi connectivity index (χ1n) is 9.11. The van der Waals surface area contributed by atoms with E-state index in [9.17, 15) is 14.4 Å². The van der Waals surface area contributed by atoms with E-state index in [0.717, 1.165) is 16.0 Å². The summed E-state index contributed by atoms with van der Waals surface area (Å²) >= 11 is 0. The largest absolute Gasteiger partial charge is 0.466 e. The number of hydrogen-bond acceptors (Lipinski definition) is 4. The number of imide groups is 1. The summed E-state index contributed by atoms with van der Waals surface area (Å²) in [6.07, 6.45) is 1.43. The second-order valence-corrected chi connectivity index (χ2v) is 6.88. The van der Waals surface area contributed by atoms with Crippen LogP contribution in [0, 0.1) is 0 Å². The molecular formula is C22H19N3O4. The van der Waals surface area contributed by atoms with E-state index < -0.39 is 29.9 Å². The summed E-state index contributed by atoms with van der Waals surface area (Å²) in [5.74, 6) is -0.697. The Morgan fingerprint density at radius 2 is 1.76 bits per heavy atom. The van der Waals surface area contributed by atoms with Crippen LogP contribution >= 0.6 is 0 Å². The maximum absolute atomic E-state index is 12.8. The van der Waals surface area contributed by atoms with E-state index in [1.807, 2.05) is 48.5 Å². The fourth-order valence-corrected chi connectivity index (χ4v) is 3.37. The number of hydrogen-bond donors (Lipinski definition) is 2. The third-order valence-electron chi connectivity index (χ3n) is 4.88. The second-order valence-electron chi connectivity index (χ2n) is 6.88. The van der Waals surface area contributed by atoms with Gasteiger partial charge in [0.25, 0.3) is 5.91 Å². The van der Waals surface area contributed by atoms with Crippen LogP contribution in [0.25, 0.3) is 11.1 Å². The number of rotatable bonds is 5. The van der Waals surface area contributed by atoms with Crippen LogP contribution in [0.3, 0.4) is 0 Å². The molecule has 2 aromatic carbocycles. The van der Waals surface area contributed by atoms with E-state index in [-0.39, 0.29) is 0 Å². The zero-order valence-corrected chi connectivity index (χ0v) is 15.7. The summed E-state index contributed by atoms with van der Waals surface area (Å²) in [6.45, 7) is 1.15. The van der Waals surface area contributed by atoms with E-state index in [1.54, 1.807) is 25.1 Å². The molecule has 1 atom stereocenters. The number of carbonyl (C=O) groups is 3. The molecule has 1 fully saturated rings. The van der Waals surface area contributed by atoms with Crippen molar-refractivity contribution in [1.29, 1.82) is 0 Å². The number of furan rings is 1. The summed E-state index contributed by atoms with van der Waals surface area (Å²) in [6, 6.07) is 19.6. The first kappa shape index (κ1) is 18.5. The highest BCUT2D eigenvalue weighted by molar-refractivity contribution is 6.10. The van der Waals surface area contributed by atoms with Gasteiger partial charge in [-0.05, 0) is 30.7 Å². The molecule has 0 unspecified atom stereocenters. The Balaban J connectivity index is 1.52. The van der Waals surface area contributed by atoms with Crippen LogP contribution in [0.1, 0.15) is 12.7 Å². The van der Waals surface area contributed by atoms with Gasteiger partial charge in [-0.3, -0.25) is 14.5 Å². The lowest BCUT2D eigenvalue weighted by molar-refractivity contribution is -0.134. The molecule has 3 aromatic rings. The molecule has 2 N–H and O–H groups in total. The average molecular weight is 389 g/mol. The first-order chi connectivity index (χ1) is 14.0. The Labute approximate surface area is 167 Å². The van der Waals surface area contributed by atoms with Crippen LogP contribution in [0.2, 0.25) is 0 Å². The highest BCUT2D eigenvalue weighted by Gasteiger charge is 2.51. The fraction of sp³-hybridized carbons (Fsp3) is 0.136. The summed E-state index contributed by atoms with van der Waals surface area (Å²) in [4.78, 5) is 38.7. The van der Waals surface area contributed by atoms with Gasteiger partial charge in [0, 0.05) is 11.3 Å². The van der Waals surface area contributed by atoms with Crippen molar-refractivity contribution in [3.63, 3.8) is 0 Å². The number of nitrogens with zero attached hydrogens (tertiary/aromatic N) is 1. The summed E-state index contributed by atoms with van der Waals surface area (Å²) in [5.41, 5.74) is 1.07. The van der Waals surface area contributed by atoms with Crippen LogP contribution in [0.5, 0.6) is 0 Å². The van der Waals surface area contributed by atoms with Crippen LogP contribution in [-0.4, -0.2) is 29.3 Å². The minimum Gasteiger partial charge on any atom is -0.466 e. The van der Waals surface area contributed by atoms with E-state index in [2.05, 4.69) is 10.6 Å². The molecule has 7 heteroatoms.